The van der Waals surface area contributed by atoms with Gasteiger partial charge in [0, 0.05) is 5.69 Å². The van der Waals surface area contributed by atoms with Crippen molar-refractivity contribution >= 4 is 29.5 Å². The fraction of sp³-hybridized carbons (Fsp3) is 0.300. The van der Waals surface area contributed by atoms with Gasteiger partial charge in [0.2, 0.25) is 5.91 Å². The van der Waals surface area contributed by atoms with Crippen molar-refractivity contribution in [1.29, 1.82) is 0 Å². The van der Waals surface area contributed by atoms with Crippen LogP contribution in [-0.4, -0.2) is 41.4 Å². The molecule has 9 heteroatoms. The van der Waals surface area contributed by atoms with Crippen LogP contribution in [0.25, 0.3) is 0 Å². The highest BCUT2D eigenvalue weighted by Gasteiger charge is 2.51. The lowest BCUT2D eigenvalue weighted by Gasteiger charge is -2.18. The molecule has 0 spiro atoms. The Morgan fingerprint density at radius 1 is 1.21 bits per heavy atom. The van der Waals surface area contributed by atoms with Crippen LogP contribution >= 0.6 is 0 Å². The first-order chi connectivity index (χ1) is 13.7. The molecule has 1 saturated heterocycles. The van der Waals surface area contributed by atoms with Crippen LogP contribution < -0.4 is 10.6 Å². The van der Waals surface area contributed by atoms with E-state index in [1.54, 1.807) is 26.0 Å². The average Bonchev–Trinajstić information content (AvgIpc) is 3.26. The Morgan fingerprint density at radius 2 is 1.90 bits per heavy atom. The minimum absolute atomic E-state index is 0.238. The third-order valence-corrected chi connectivity index (χ3v) is 4.34. The Kier molecular flexibility index (Phi) is 5.40. The van der Waals surface area contributed by atoms with Crippen molar-refractivity contribution in [3.63, 3.8) is 0 Å². The fourth-order valence-corrected chi connectivity index (χ4v) is 2.89. The zero-order valence-corrected chi connectivity index (χ0v) is 16.2. The molecule has 0 saturated carbocycles. The summed E-state index contributed by atoms with van der Waals surface area (Å²) in [5.41, 5.74) is -0.601. The van der Waals surface area contributed by atoms with E-state index in [1.165, 1.54) is 37.5 Å². The summed E-state index contributed by atoms with van der Waals surface area (Å²) in [5, 5.41) is 5.14. The highest BCUT2D eigenvalue weighted by atomic mass is 16.5. The number of esters is 1. The number of rotatable bonds is 6. The number of hydrogen-bond acceptors (Lipinski definition) is 6. The quantitative estimate of drug-likeness (QED) is 0.568. The number of nitrogens with one attached hydrogen (secondary N) is 2. The molecule has 0 unspecified atom stereocenters. The number of hydrogen-bond donors (Lipinski definition) is 2. The van der Waals surface area contributed by atoms with Crippen LogP contribution in [-0.2, 0) is 19.9 Å². The molecular formula is C20H21N3O6. The molecule has 0 bridgehead atoms. The first kappa shape index (κ1) is 20.1. The Hall–Kier alpha value is -3.62. The number of urea groups is 1. The number of carbonyl (C=O) groups is 4. The van der Waals surface area contributed by atoms with E-state index >= 15 is 0 Å². The summed E-state index contributed by atoms with van der Waals surface area (Å²) < 4.78 is 10.3. The van der Waals surface area contributed by atoms with E-state index in [1.807, 2.05) is 0 Å². The minimum atomic E-state index is -1.36. The van der Waals surface area contributed by atoms with E-state index in [0.717, 1.165) is 4.90 Å². The molecule has 0 radical (unpaired) electrons. The molecule has 1 aromatic carbocycles. The highest BCUT2D eigenvalue weighted by Crippen LogP contribution is 2.28. The summed E-state index contributed by atoms with van der Waals surface area (Å²) in [7, 11) is 0. The van der Waals surface area contributed by atoms with Crippen LogP contribution in [0.1, 0.15) is 36.9 Å². The third-order valence-electron chi connectivity index (χ3n) is 4.34. The monoisotopic (exact) mass is 399 g/mol. The lowest BCUT2D eigenvalue weighted by molar-refractivity contribution is -0.134. The second-order valence-corrected chi connectivity index (χ2v) is 7.00. The zero-order valence-electron chi connectivity index (χ0n) is 16.2. The number of carbonyl (C=O) groups excluding carboxylic acids is 4. The molecule has 9 nitrogen and oxygen atoms in total. The van der Waals surface area contributed by atoms with Gasteiger partial charge >= 0.3 is 12.0 Å². The van der Waals surface area contributed by atoms with Crippen molar-refractivity contribution in [2.75, 3.05) is 11.9 Å². The van der Waals surface area contributed by atoms with Crippen molar-refractivity contribution in [3.8, 4) is 0 Å². The second kappa shape index (κ2) is 7.78. The minimum Gasteiger partial charge on any atom is -0.466 e. The van der Waals surface area contributed by atoms with Gasteiger partial charge < -0.3 is 19.8 Å². The highest BCUT2D eigenvalue weighted by molar-refractivity contribution is 6.10. The Bertz CT molecular complexity index is 936. The molecular weight excluding hydrogens is 378 g/mol. The number of benzene rings is 1. The molecule has 2 aromatic rings. The summed E-state index contributed by atoms with van der Waals surface area (Å²) in [6.45, 7) is 4.55. The van der Waals surface area contributed by atoms with E-state index in [-0.39, 0.29) is 11.9 Å². The van der Waals surface area contributed by atoms with Crippen molar-refractivity contribution < 1.29 is 28.3 Å². The number of imide groups is 1. The van der Waals surface area contributed by atoms with Gasteiger partial charge in [-0.1, -0.05) is 0 Å². The molecule has 1 atom stereocenters. The molecule has 1 aliphatic heterocycles. The second-order valence-electron chi connectivity index (χ2n) is 7.00. The molecule has 2 heterocycles. The normalized spacial score (nSPS) is 18.7. The summed E-state index contributed by atoms with van der Waals surface area (Å²) in [6.07, 6.45) is 1.16. The zero-order chi connectivity index (χ0) is 21.2. The van der Waals surface area contributed by atoms with Gasteiger partial charge in [-0.05, 0) is 57.2 Å². The maximum atomic E-state index is 12.7. The van der Waals surface area contributed by atoms with Gasteiger partial charge in [0.15, 0.2) is 5.54 Å². The fourth-order valence-electron chi connectivity index (χ4n) is 2.89. The lowest BCUT2D eigenvalue weighted by atomic mass is 9.99. The molecule has 1 aliphatic rings. The standard InChI is InChI=1S/C20H21N3O6/c1-12(2)29-17(25)13-6-8-14(9-7-13)21-16(24)11-23-18(26)20(3,22-19(23)27)15-5-4-10-28-15/h4-10,12H,11H2,1-3H3,(H,21,24)(H,22,27)/t20-/m1/s1. The van der Waals surface area contributed by atoms with Crippen LogP contribution in [0.3, 0.4) is 0 Å². The smallest absolute Gasteiger partial charge is 0.338 e. The van der Waals surface area contributed by atoms with Crippen molar-refractivity contribution in [2.24, 2.45) is 0 Å². The number of nitrogens with zero attached hydrogens (tertiary/aromatic N) is 1. The molecule has 4 amide bonds. The first-order valence-electron chi connectivity index (χ1n) is 8.99. The third kappa shape index (κ3) is 4.13. The largest absolute Gasteiger partial charge is 0.466 e. The number of amides is 4. The molecule has 29 heavy (non-hydrogen) atoms. The molecule has 2 N–H and O–H groups in total. The summed E-state index contributed by atoms with van der Waals surface area (Å²) in [5.74, 6) is -1.33. The molecule has 0 aliphatic carbocycles. The van der Waals surface area contributed by atoms with Crippen LogP contribution in [0.15, 0.2) is 47.1 Å². The van der Waals surface area contributed by atoms with E-state index in [9.17, 15) is 19.2 Å². The molecule has 1 aromatic heterocycles. The van der Waals surface area contributed by atoms with Crippen molar-refractivity contribution in [1.82, 2.24) is 10.2 Å². The van der Waals surface area contributed by atoms with Gasteiger partial charge in [0.05, 0.1) is 17.9 Å². The Balaban J connectivity index is 1.63. The molecule has 1 fully saturated rings. The van der Waals surface area contributed by atoms with Crippen molar-refractivity contribution in [3.05, 3.63) is 54.0 Å². The molecule has 152 valence electrons. The number of furan rings is 1. The van der Waals surface area contributed by atoms with Gasteiger partial charge in [-0.3, -0.25) is 14.5 Å². The van der Waals surface area contributed by atoms with Crippen molar-refractivity contribution in [2.45, 2.75) is 32.4 Å². The van der Waals surface area contributed by atoms with Crippen LogP contribution in [0.4, 0.5) is 10.5 Å². The van der Waals surface area contributed by atoms with Gasteiger partial charge in [-0.15, -0.1) is 0 Å². The summed E-state index contributed by atoms with van der Waals surface area (Å²) in [6, 6.07) is 8.60. The van der Waals surface area contributed by atoms with Gasteiger partial charge in [-0.25, -0.2) is 9.59 Å². The van der Waals surface area contributed by atoms with Crippen LogP contribution in [0.5, 0.6) is 0 Å². The van der Waals surface area contributed by atoms with E-state index < -0.39 is 35.9 Å². The van der Waals surface area contributed by atoms with Crippen LogP contribution in [0.2, 0.25) is 0 Å². The number of anilines is 1. The summed E-state index contributed by atoms with van der Waals surface area (Å²) >= 11 is 0. The van der Waals surface area contributed by atoms with E-state index in [2.05, 4.69) is 10.6 Å². The van der Waals surface area contributed by atoms with Gasteiger partial charge in [0.1, 0.15) is 12.3 Å². The van der Waals surface area contributed by atoms with E-state index in [4.69, 9.17) is 9.15 Å². The first-order valence-corrected chi connectivity index (χ1v) is 8.99. The van der Waals surface area contributed by atoms with Gasteiger partial charge in [0.25, 0.3) is 5.91 Å². The SMILES string of the molecule is CC(C)OC(=O)c1ccc(NC(=O)CN2C(=O)N[C@](C)(c3ccco3)C2=O)cc1. The molecule has 3 rings (SSSR count). The lowest BCUT2D eigenvalue weighted by Crippen LogP contribution is -2.41. The maximum absolute atomic E-state index is 12.7. The maximum Gasteiger partial charge on any atom is 0.338 e. The van der Waals surface area contributed by atoms with E-state index in [0.29, 0.717) is 11.3 Å². The topological polar surface area (TPSA) is 118 Å². The Labute approximate surface area is 167 Å². The predicted molar refractivity (Wildman–Crippen MR) is 102 cm³/mol. The predicted octanol–water partition coefficient (Wildman–Crippen LogP) is 2.25. The average molecular weight is 399 g/mol. The summed E-state index contributed by atoms with van der Waals surface area (Å²) in [4.78, 5) is 49.9. The van der Waals surface area contributed by atoms with Gasteiger partial charge in [-0.2, -0.15) is 0 Å². The Morgan fingerprint density at radius 3 is 2.48 bits per heavy atom. The number of ether oxygens (including phenoxy) is 1. The van der Waals surface area contributed by atoms with Crippen LogP contribution in [0, 0.1) is 0 Å².